The molecule has 0 aromatic heterocycles. The van der Waals surface area contributed by atoms with E-state index >= 15 is 0 Å². The Morgan fingerprint density at radius 1 is 1.31 bits per heavy atom. The highest BCUT2D eigenvalue weighted by molar-refractivity contribution is 5.76. The number of carbonyl (C=O) groups is 1. The molecule has 0 saturated carbocycles. The van der Waals surface area contributed by atoms with E-state index < -0.39 is 0 Å². The van der Waals surface area contributed by atoms with Crippen LogP contribution in [0.5, 0.6) is 0 Å². The van der Waals surface area contributed by atoms with Crippen molar-refractivity contribution in [1.82, 2.24) is 10.6 Å². The van der Waals surface area contributed by atoms with Gasteiger partial charge < -0.3 is 15.7 Å². The fourth-order valence-electron chi connectivity index (χ4n) is 1.47. The number of hydrogen-bond acceptors (Lipinski definition) is 3. The normalized spacial score (nSPS) is 15.6. The topological polar surface area (TPSA) is 61.4 Å². The van der Waals surface area contributed by atoms with Crippen LogP contribution in [0.25, 0.3) is 0 Å². The first-order valence-corrected chi connectivity index (χ1v) is 5.93. The van der Waals surface area contributed by atoms with Gasteiger partial charge in [0.1, 0.15) is 0 Å². The third-order valence-electron chi connectivity index (χ3n) is 2.11. The monoisotopic (exact) mass is 230 g/mol. The Hall–Kier alpha value is -0.610. The molecule has 4 heteroatoms. The fourth-order valence-corrected chi connectivity index (χ4v) is 1.47. The van der Waals surface area contributed by atoms with Crippen LogP contribution in [0.4, 0.5) is 0 Å². The van der Waals surface area contributed by atoms with Gasteiger partial charge in [-0.3, -0.25) is 4.79 Å². The molecule has 0 saturated heterocycles. The molecular formula is C12H26N2O2. The summed E-state index contributed by atoms with van der Waals surface area (Å²) in [7, 11) is 0. The minimum Gasteiger partial charge on any atom is -0.393 e. The van der Waals surface area contributed by atoms with Crippen molar-refractivity contribution < 1.29 is 9.90 Å². The molecule has 0 fully saturated rings. The van der Waals surface area contributed by atoms with E-state index in [0.717, 1.165) is 0 Å². The van der Waals surface area contributed by atoms with E-state index in [1.165, 1.54) is 0 Å². The number of rotatable bonds is 6. The van der Waals surface area contributed by atoms with Gasteiger partial charge in [0.2, 0.25) is 5.91 Å². The first-order chi connectivity index (χ1) is 7.20. The zero-order valence-electron chi connectivity index (χ0n) is 11.1. The SMILES string of the molecule is CC(O)CC(C)NC(=O)CCNC(C)(C)C. The van der Waals surface area contributed by atoms with Crippen molar-refractivity contribution in [3.8, 4) is 0 Å². The Morgan fingerprint density at radius 3 is 2.31 bits per heavy atom. The van der Waals surface area contributed by atoms with Crippen LogP contribution in [-0.4, -0.2) is 35.2 Å². The van der Waals surface area contributed by atoms with Crippen LogP contribution in [0.2, 0.25) is 0 Å². The third kappa shape index (κ3) is 9.93. The molecule has 0 aromatic carbocycles. The van der Waals surface area contributed by atoms with Crippen molar-refractivity contribution in [1.29, 1.82) is 0 Å². The molecule has 3 N–H and O–H groups in total. The number of amides is 1. The number of nitrogens with one attached hydrogen (secondary N) is 2. The van der Waals surface area contributed by atoms with Gasteiger partial charge in [0.15, 0.2) is 0 Å². The molecule has 0 bridgehead atoms. The highest BCUT2D eigenvalue weighted by atomic mass is 16.3. The van der Waals surface area contributed by atoms with Crippen LogP contribution in [0.15, 0.2) is 0 Å². The first kappa shape index (κ1) is 15.4. The summed E-state index contributed by atoms with van der Waals surface area (Å²) >= 11 is 0. The zero-order valence-corrected chi connectivity index (χ0v) is 11.1. The smallest absolute Gasteiger partial charge is 0.221 e. The molecule has 0 heterocycles. The van der Waals surface area contributed by atoms with E-state index in [9.17, 15) is 4.79 Å². The van der Waals surface area contributed by atoms with Gasteiger partial charge >= 0.3 is 0 Å². The molecule has 0 aliphatic heterocycles. The summed E-state index contributed by atoms with van der Waals surface area (Å²) in [5.41, 5.74) is 0.0471. The maximum atomic E-state index is 11.5. The summed E-state index contributed by atoms with van der Waals surface area (Å²) in [6.45, 7) is 10.5. The predicted molar refractivity (Wildman–Crippen MR) is 66.3 cm³/mol. The second kappa shape index (κ2) is 6.86. The highest BCUT2D eigenvalue weighted by Gasteiger charge is 2.12. The average Bonchev–Trinajstić information content (AvgIpc) is 1.98. The van der Waals surface area contributed by atoms with Crippen molar-refractivity contribution in [3.05, 3.63) is 0 Å². The van der Waals surface area contributed by atoms with Gasteiger partial charge in [-0.1, -0.05) is 0 Å². The molecule has 4 nitrogen and oxygen atoms in total. The fraction of sp³-hybridized carbons (Fsp3) is 0.917. The molecule has 0 aromatic rings. The predicted octanol–water partition coefficient (Wildman–Crippen LogP) is 1.04. The lowest BCUT2D eigenvalue weighted by atomic mass is 10.1. The van der Waals surface area contributed by atoms with E-state index in [1.54, 1.807) is 6.92 Å². The largest absolute Gasteiger partial charge is 0.393 e. The highest BCUT2D eigenvalue weighted by Crippen LogP contribution is 1.99. The van der Waals surface area contributed by atoms with Gasteiger partial charge in [-0.25, -0.2) is 0 Å². The van der Waals surface area contributed by atoms with Crippen LogP contribution >= 0.6 is 0 Å². The van der Waals surface area contributed by atoms with E-state index in [-0.39, 0.29) is 23.6 Å². The summed E-state index contributed by atoms with van der Waals surface area (Å²) in [5, 5.41) is 15.3. The molecular weight excluding hydrogens is 204 g/mol. The molecule has 2 atom stereocenters. The van der Waals surface area contributed by atoms with Crippen LogP contribution in [0, 0.1) is 0 Å². The Balaban J connectivity index is 3.66. The van der Waals surface area contributed by atoms with Gasteiger partial charge in [0.25, 0.3) is 0 Å². The molecule has 0 aliphatic rings. The first-order valence-electron chi connectivity index (χ1n) is 5.93. The average molecular weight is 230 g/mol. The van der Waals surface area contributed by atoms with E-state index in [1.807, 2.05) is 6.92 Å². The summed E-state index contributed by atoms with van der Waals surface area (Å²) in [6.07, 6.45) is 0.697. The molecule has 16 heavy (non-hydrogen) atoms. The molecule has 0 rings (SSSR count). The van der Waals surface area contributed by atoms with Gasteiger partial charge in [-0.05, 0) is 41.0 Å². The van der Waals surface area contributed by atoms with Crippen molar-refractivity contribution in [2.45, 2.75) is 65.1 Å². The van der Waals surface area contributed by atoms with Crippen LogP contribution in [-0.2, 0) is 4.79 Å². The van der Waals surface area contributed by atoms with Gasteiger partial charge in [-0.15, -0.1) is 0 Å². The summed E-state index contributed by atoms with van der Waals surface area (Å²) < 4.78 is 0. The molecule has 2 unspecified atom stereocenters. The molecule has 0 aliphatic carbocycles. The van der Waals surface area contributed by atoms with Crippen molar-refractivity contribution in [3.63, 3.8) is 0 Å². The number of carbonyl (C=O) groups excluding carboxylic acids is 1. The van der Waals surface area contributed by atoms with Crippen LogP contribution in [0.1, 0.15) is 47.5 Å². The minimum atomic E-state index is -0.372. The lowest BCUT2D eigenvalue weighted by Crippen LogP contribution is -2.40. The van der Waals surface area contributed by atoms with Crippen molar-refractivity contribution >= 4 is 5.91 Å². The second-order valence-corrected chi connectivity index (χ2v) is 5.48. The quantitative estimate of drug-likeness (QED) is 0.639. The number of aliphatic hydroxyl groups is 1. The third-order valence-corrected chi connectivity index (χ3v) is 2.11. The maximum absolute atomic E-state index is 11.5. The maximum Gasteiger partial charge on any atom is 0.221 e. The minimum absolute atomic E-state index is 0.0298. The summed E-state index contributed by atoms with van der Waals surface area (Å²) in [4.78, 5) is 11.5. The molecule has 0 radical (unpaired) electrons. The lowest BCUT2D eigenvalue weighted by Gasteiger charge is -2.21. The Labute approximate surface area is 98.8 Å². The van der Waals surface area contributed by atoms with E-state index in [4.69, 9.17) is 5.11 Å². The van der Waals surface area contributed by atoms with E-state index in [2.05, 4.69) is 31.4 Å². The lowest BCUT2D eigenvalue weighted by molar-refractivity contribution is -0.121. The standard InChI is InChI=1S/C12H26N2O2/c1-9(8-10(2)15)14-11(16)6-7-13-12(3,4)5/h9-10,13,15H,6-8H2,1-5H3,(H,14,16). The molecule has 0 spiro atoms. The Kier molecular flexibility index (Phi) is 6.60. The Bertz CT molecular complexity index is 210. The van der Waals surface area contributed by atoms with Gasteiger partial charge in [-0.2, -0.15) is 0 Å². The number of hydrogen-bond donors (Lipinski definition) is 3. The van der Waals surface area contributed by atoms with Crippen LogP contribution < -0.4 is 10.6 Å². The summed E-state index contributed by atoms with van der Waals surface area (Å²) in [6, 6.07) is 0.0298. The number of aliphatic hydroxyl groups excluding tert-OH is 1. The molecule has 1 amide bonds. The van der Waals surface area contributed by atoms with E-state index in [0.29, 0.717) is 19.4 Å². The summed E-state index contributed by atoms with van der Waals surface area (Å²) in [5.74, 6) is 0.0323. The van der Waals surface area contributed by atoms with Crippen LogP contribution in [0.3, 0.4) is 0 Å². The molecule has 96 valence electrons. The van der Waals surface area contributed by atoms with Gasteiger partial charge in [0.05, 0.1) is 6.10 Å². The second-order valence-electron chi connectivity index (χ2n) is 5.48. The zero-order chi connectivity index (χ0) is 12.8. The van der Waals surface area contributed by atoms with Crippen molar-refractivity contribution in [2.75, 3.05) is 6.54 Å². The van der Waals surface area contributed by atoms with Crippen molar-refractivity contribution in [2.24, 2.45) is 0 Å². The Morgan fingerprint density at radius 2 is 1.88 bits per heavy atom. The van der Waals surface area contributed by atoms with Gasteiger partial charge in [0, 0.05) is 24.5 Å².